The number of carbonyl (C=O) groups is 3. The van der Waals surface area contributed by atoms with Crippen molar-refractivity contribution < 1.29 is 18.8 Å². The van der Waals surface area contributed by atoms with Crippen molar-refractivity contribution in [2.24, 2.45) is 5.73 Å². The fourth-order valence-corrected chi connectivity index (χ4v) is 3.22. The highest BCUT2D eigenvalue weighted by Gasteiger charge is 2.28. The molecule has 2 aromatic heterocycles. The quantitative estimate of drug-likeness (QED) is 0.440. The zero-order valence-corrected chi connectivity index (χ0v) is 16.6. The number of aryl methyl sites for hydroxylation is 1. The van der Waals surface area contributed by atoms with E-state index in [0.29, 0.717) is 16.8 Å². The lowest BCUT2D eigenvalue weighted by Gasteiger charge is -2.16. The molecule has 9 heteroatoms. The van der Waals surface area contributed by atoms with Crippen LogP contribution in [0.2, 0.25) is 0 Å². The van der Waals surface area contributed by atoms with Crippen molar-refractivity contribution in [2.45, 2.75) is 19.4 Å². The number of ketones is 1. The van der Waals surface area contributed by atoms with Gasteiger partial charge in [0.25, 0.3) is 11.8 Å². The molecule has 0 aliphatic carbocycles. The van der Waals surface area contributed by atoms with E-state index >= 15 is 0 Å². The Bertz CT molecular complexity index is 1240. The lowest BCUT2D eigenvalue weighted by atomic mass is 10.0. The minimum absolute atomic E-state index is 0.111. The maximum atomic E-state index is 13.0. The van der Waals surface area contributed by atoms with E-state index in [1.165, 1.54) is 4.68 Å². The Morgan fingerprint density at radius 1 is 1.10 bits per heavy atom. The highest BCUT2D eigenvalue weighted by Crippen LogP contribution is 2.19. The number of rotatable bonds is 7. The number of primary amides is 1. The number of para-hydroxylation sites is 2. The van der Waals surface area contributed by atoms with Crippen LogP contribution in [0.4, 0.5) is 0 Å². The van der Waals surface area contributed by atoms with E-state index in [0.717, 1.165) is 5.56 Å². The van der Waals surface area contributed by atoms with Gasteiger partial charge in [0.15, 0.2) is 5.58 Å². The molecule has 2 amide bonds. The molecule has 9 nitrogen and oxygen atoms in total. The molecule has 156 valence electrons. The number of amides is 2. The van der Waals surface area contributed by atoms with E-state index in [2.05, 4.69) is 15.4 Å². The van der Waals surface area contributed by atoms with E-state index in [4.69, 9.17) is 10.2 Å². The van der Waals surface area contributed by atoms with Crippen LogP contribution in [0, 0.1) is 6.92 Å². The number of Topliss-reactive ketones (excluding diaryl/α,β-unsaturated/α-hetero) is 1. The average molecular weight is 417 g/mol. The number of fused-ring (bicyclic) bond motifs is 1. The van der Waals surface area contributed by atoms with E-state index in [-0.39, 0.29) is 18.1 Å². The topological polar surface area (TPSA) is 133 Å². The summed E-state index contributed by atoms with van der Waals surface area (Å²) in [5.74, 6) is -2.62. The number of benzene rings is 2. The zero-order valence-electron chi connectivity index (χ0n) is 16.6. The largest absolute Gasteiger partial charge is 0.422 e. The number of aromatic nitrogens is 3. The Balaban J connectivity index is 1.65. The van der Waals surface area contributed by atoms with Gasteiger partial charge in [-0.1, -0.05) is 42.5 Å². The third-order valence-electron chi connectivity index (χ3n) is 4.68. The summed E-state index contributed by atoms with van der Waals surface area (Å²) in [5, 5.41) is 6.89. The van der Waals surface area contributed by atoms with Gasteiger partial charge in [-0.3, -0.25) is 14.4 Å². The fraction of sp³-hybridized carbons (Fsp3) is 0.136. The predicted octanol–water partition coefficient (Wildman–Crippen LogP) is 1.72. The Morgan fingerprint density at radius 3 is 2.52 bits per heavy atom. The van der Waals surface area contributed by atoms with Crippen LogP contribution in [0.1, 0.15) is 21.7 Å². The molecule has 0 aliphatic heterocycles. The molecule has 0 aliphatic rings. The predicted molar refractivity (Wildman–Crippen MR) is 111 cm³/mol. The number of hydrogen-bond acceptors (Lipinski definition) is 6. The Kier molecular flexibility index (Phi) is 5.31. The lowest BCUT2D eigenvalue weighted by Crippen LogP contribution is -2.47. The van der Waals surface area contributed by atoms with Crippen LogP contribution in [-0.2, 0) is 16.0 Å². The van der Waals surface area contributed by atoms with Crippen molar-refractivity contribution in [3.05, 3.63) is 77.6 Å². The van der Waals surface area contributed by atoms with E-state index < -0.39 is 23.6 Å². The minimum Gasteiger partial charge on any atom is -0.422 e. The first-order valence-electron chi connectivity index (χ1n) is 9.53. The van der Waals surface area contributed by atoms with E-state index in [9.17, 15) is 14.4 Å². The van der Waals surface area contributed by atoms with Gasteiger partial charge in [0.05, 0.1) is 5.69 Å². The van der Waals surface area contributed by atoms with Crippen molar-refractivity contribution >= 4 is 28.7 Å². The number of carbonyl (C=O) groups excluding carboxylic acids is 3. The summed E-state index contributed by atoms with van der Waals surface area (Å²) in [4.78, 5) is 41.3. The molecule has 3 N–H and O–H groups in total. The van der Waals surface area contributed by atoms with Gasteiger partial charge in [-0.25, -0.2) is 0 Å². The van der Waals surface area contributed by atoms with Crippen LogP contribution in [0.3, 0.4) is 0 Å². The second-order valence-electron chi connectivity index (χ2n) is 6.99. The number of nitrogens with two attached hydrogens (primary N) is 1. The van der Waals surface area contributed by atoms with Gasteiger partial charge in [-0.05, 0) is 30.7 Å². The van der Waals surface area contributed by atoms with Gasteiger partial charge in [-0.15, -0.1) is 0 Å². The molecule has 4 aromatic rings. The van der Waals surface area contributed by atoms with Crippen LogP contribution in [-0.4, -0.2) is 38.4 Å². The second kappa shape index (κ2) is 8.23. The van der Waals surface area contributed by atoms with Crippen LogP contribution < -0.4 is 11.1 Å². The monoisotopic (exact) mass is 417 g/mol. The minimum atomic E-state index is -1.13. The molecular weight excluding hydrogens is 398 g/mol. The highest BCUT2D eigenvalue weighted by molar-refractivity contribution is 6.38. The average Bonchev–Trinajstić information content (AvgIpc) is 3.36. The first-order chi connectivity index (χ1) is 14.9. The van der Waals surface area contributed by atoms with Crippen molar-refractivity contribution in [2.75, 3.05) is 0 Å². The van der Waals surface area contributed by atoms with Crippen molar-refractivity contribution in [3.8, 4) is 6.01 Å². The molecule has 1 atom stereocenters. The normalized spacial score (nSPS) is 11.9. The summed E-state index contributed by atoms with van der Waals surface area (Å²) in [6, 6.07) is 16.7. The molecule has 0 unspecified atom stereocenters. The van der Waals surface area contributed by atoms with Crippen LogP contribution in [0.15, 0.2) is 65.1 Å². The number of nitrogens with one attached hydrogen (secondary N) is 1. The highest BCUT2D eigenvalue weighted by atomic mass is 16.4. The molecule has 0 fully saturated rings. The molecule has 2 aromatic carbocycles. The van der Waals surface area contributed by atoms with Crippen LogP contribution >= 0.6 is 0 Å². The van der Waals surface area contributed by atoms with E-state index in [1.54, 1.807) is 49.4 Å². The summed E-state index contributed by atoms with van der Waals surface area (Å²) in [6.45, 7) is 1.71. The van der Waals surface area contributed by atoms with Gasteiger partial charge in [0.2, 0.25) is 5.78 Å². The van der Waals surface area contributed by atoms with Crippen molar-refractivity contribution in [1.29, 1.82) is 0 Å². The van der Waals surface area contributed by atoms with Gasteiger partial charge < -0.3 is 15.5 Å². The maximum Gasteiger partial charge on any atom is 0.324 e. The summed E-state index contributed by atoms with van der Waals surface area (Å²) in [6.07, 6.45) is 0.115. The smallest absolute Gasteiger partial charge is 0.324 e. The fourth-order valence-electron chi connectivity index (χ4n) is 3.22. The van der Waals surface area contributed by atoms with Crippen molar-refractivity contribution in [1.82, 2.24) is 20.1 Å². The number of hydrogen-bond donors (Lipinski definition) is 2. The summed E-state index contributed by atoms with van der Waals surface area (Å²) < 4.78 is 6.98. The second-order valence-corrected chi connectivity index (χ2v) is 6.99. The summed E-state index contributed by atoms with van der Waals surface area (Å²) >= 11 is 0. The third kappa shape index (κ3) is 4.20. The SMILES string of the molecule is Cc1cc(C(=O)N[C@@H](Cc2ccccc2)C(=O)C(N)=O)n(-c2nc3ccccc3o2)n1. The third-order valence-corrected chi connectivity index (χ3v) is 4.68. The Morgan fingerprint density at radius 2 is 1.81 bits per heavy atom. The summed E-state index contributed by atoms with van der Waals surface area (Å²) in [7, 11) is 0. The van der Waals surface area contributed by atoms with Gasteiger partial charge in [0.1, 0.15) is 17.3 Å². The van der Waals surface area contributed by atoms with Crippen LogP contribution in [0.5, 0.6) is 0 Å². The van der Waals surface area contributed by atoms with Gasteiger partial charge >= 0.3 is 6.01 Å². The standard InChI is InChI=1S/C22H19N5O4/c1-13-11-17(27(26-13)22-25-15-9-5-6-10-18(15)31-22)21(30)24-16(19(28)20(23)29)12-14-7-3-2-4-8-14/h2-11,16H,12H2,1H3,(H2,23,29)(H,24,30)/t16-/m0/s1. The molecule has 0 bridgehead atoms. The first kappa shape index (κ1) is 20.0. The Labute approximate surface area is 176 Å². The maximum absolute atomic E-state index is 13.0. The van der Waals surface area contributed by atoms with Crippen LogP contribution in [0.25, 0.3) is 17.1 Å². The molecule has 31 heavy (non-hydrogen) atoms. The first-order valence-corrected chi connectivity index (χ1v) is 9.53. The molecule has 2 heterocycles. The van der Waals surface area contributed by atoms with Crippen molar-refractivity contribution in [3.63, 3.8) is 0 Å². The van der Waals surface area contributed by atoms with E-state index in [1.807, 2.05) is 18.2 Å². The Hall–Kier alpha value is -4.27. The zero-order chi connectivity index (χ0) is 22.0. The number of nitrogens with zero attached hydrogens (tertiary/aromatic N) is 3. The summed E-state index contributed by atoms with van der Waals surface area (Å²) in [5.41, 5.74) is 7.78. The lowest BCUT2D eigenvalue weighted by molar-refractivity contribution is -0.137. The molecule has 0 saturated heterocycles. The molecule has 0 saturated carbocycles. The molecular formula is C22H19N5O4. The molecule has 0 spiro atoms. The molecule has 4 rings (SSSR count). The van der Waals surface area contributed by atoms with Gasteiger partial charge in [0, 0.05) is 6.42 Å². The number of oxazole rings is 1. The molecule has 0 radical (unpaired) electrons. The van der Waals surface area contributed by atoms with Gasteiger partial charge in [-0.2, -0.15) is 14.8 Å².